The molecule has 12 nitrogen and oxygen atoms in total. The number of amides is 2. The first-order valence-corrected chi connectivity index (χ1v) is 16.6. The number of carbonyl (C=O) groups is 2. The molecule has 2 amide bonds. The molecule has 0 bridgehead atoms. The number of benzene rings is 3. The summed E-state index contributed by atoms with van der Waals surface area (Å²) in [6.07, 6.45) is -1.85. The van der Waals surface area contributed by atoms with Crippen LogP contribution in [0.5, 0.6) is 0 Å². The van der Waals surface area contributed by atoms with Crippen molar-refractivity contribution in [2.24, 2.45) is 0 Å². The Hall–Kier alpha value is -5.43. The molecule has 0 unspecified atom stereocenters. The second-order valence-corrected chi connectivity index (χ2v) is 13.3. The highest BCUT2D eigenvalue weighted by molar-refractivity contribution is 14.1. The van der Waals surface area contributed by atoms with Crippen molar-refractivity contribution in [3.63, 3.8) is 0 Å². The second kappa shape index (κ2) is 13.0. The SMILES string of the molecule is CC1=c2c(c(=O)n(C3CC3)c(=O)n2-c2cccc(NC(=O)Cn3cc(-c4ccc(C(F)(F)F)cc4)nn3)c2)=C(Nc2ccc(I)cc2F)[NH2+]C1=O. The van der Waals surface area contributed by atoms with Crippen molar-refractivity contribution in [3.8, 4) is 16.9 Å². The molecular formula is C34H26F4IN8O4+. The number of aromatic nitrogens is 5. The number of nitrogens with two attached hydrogens (primary N) is 1. The van der Waals surface area contributed by atoms with Crippen molar-refractivity contribution >= 4 is 57.2 Å². The van der Waals surface area contributed by atoms with Crippen LogP contribution in [-0.2, 0) is 22.3 Å². The minimum atomic E-state index is -4.48. The lowest BCUT2D eigenvalue weighted by atomic mass is 10.1. The van der Waals surface area contributed by atoms with Crippen molar-refractivity contribution in [1.82, 2.24) is 24.1 Å². The molecule has 0 atom stereocenters. The lowest BCUT2D eigenvalue weighted by molar-refractivity contribution is -0.471. The average Bonchev–Trinajstić information content (AvgIpc) is 3.80. The van der Waals surface area contributed by atoms with Crippen LogP contribution < -0.4 is 37.8 Å². The molecule has 3 aromatic carbocycles. The molecule has 3 heterocycles. The lowest BCUT2D eigenvalue weighted by Gasteiger charge is -2.18. The number of quaternary nitrogens is 1. The zero-order valence-electron chi connectivity index (χ0n) is 26.5. The van der Waals surface area contributed by atoms with Gasteiger partial charge in [0.05, 0.1) is 34.1 Å². The van der Waals surface area contributed by atoms with Gasteiger partial charge in [-0.2, -0.15) is 13.2 Å². The van der Waals surface area contributed by atoms with E-state index in [2.05, 4.69) is 20.9 Å². The standard InChI is InChI=1S/C34H25F4IN8O4/c1-17-29-28(30(42-31(17)49)41-25-12-9-20(39)13-24(25)35)32(50)47(22-10-11-22)33(51)46(29)23-4-2-3-21(14-23)40-27(48)16-45-15-26(43-44-45)18-5-7-19(8-6-18)34(36,37)38/h2-9,12-15,22H,10-11,16H2,1H3,(H,40,48)(H2,41,42,49)/p+1. The molecule has 7 rings (SSSR count). The number of fused-ring (bicyclic) bond motifs is 1. The first-order valence-electron chi connectivity index (χ1n) is 15.5. The lowest BCUT2D eigenvalue weighted by Crippen LogP contribution is -2.91. The Balaban J connectivity index is 1.23. The predicted octanol–water partition coefficient (Wildman–Crippen LogP) is 2.45. The van der Waals surface area contributed by atoms with Gasteiger partial charge >= 0.3 is 17.8 Å². The summed E-state index contributed by atoms with van der Waals surface area (Å²) in [5.74, 6) is -1.56. The van der Waals surface area contributed by atoms with Crippen LogP contribution in [0.2, 0.25) is 0 Å². The van der Waals surface area contributed by atoms with Gasteiger partial charge in [0.25, 0.3) is 5.56 Å². The van der Waals surface area contributed by atoms with Crippen molar-refractivity contribution < 1.29 is 32.5 Å². The van der Waals surface area contributed by atoms with Gasteiger partial charge in [-0.15, -0.1) is 5.10 Å². The van der Waals surface area contributed by atoms with E-state index in [0.717, 1.165) is 16.7 Å². The summed E-state index contributed by atoms with van der Waals surface area (Å²) in [4.78, 5) is 54.3. The normalized spacial score (nSPS) is 14.4. The first kappa shape index (κ1) is 34.0. The summed E-state index contributed by atoms with van der Waals surface area (Å²) in [7, 11) is 0. The van der Waals surface area contributed by atoms with E-state index < -0.39 is 40.6 Å². The first-order chi connectivity index (χ1) is 24.3. The molecule has 0 spiro atoms. The molecule has 51 heavy (non-hydrogen) atoms. The molecule has 260 valence electrons. The van der Waals surface area contributed by atoms with Crippen LogP contribution in [0.1, 0.15) is 31.4 Å². The Morgan fingerprint density at radius 1 is 1.04 bits per heavy atom. The number of alkyl halides is 3. The third-order valence-electron chi connectivity index (χ3n) is 8.41. The quantitative estimate of drug-likeness (QED) is 0.161. The van der Waals surface area contributed by atoms with Gasteiger partial charge < -0.3 is 10.6 Å². The second-order valence-electron chi connectivity index (χ2n) is 12.0. The minimum Gasteiger partial charge on any atom is -0.324 e. The van der Waals surface area contributed by atoms with E-state index in [0.29, 0.717) is 22.0 Å². The Kier molecular flexibility index (Phi) is 8.70. The van der Waals surface area contributed by atoms with Crippen molar-refractivity contribution in [2.75, 3.05) is 10.6 Å². The van der Waals surface area contributed by atoms with Gasteiger partial charge in [-0.05, 0) is 90.9 Å². The van der Waals surface area contributed by atoms with Gasteiger partial charge in [0, 0.05) is 20.9 Å². The topological polar surface area (TPSA) is 150 Å². The number of halogens is 5. The van der Waals surface area contributed by atoms with Crippen LogP contribution >= 0.6 is 22.6 Å². The van der Waals surface area contributed by atoms with Gasteiger partial charge in [-0.25, -0.2) is 24.0 Å². The zero-order valence-corrected chi connectivity index (χ0v) is 28.6. The van der Waals surface area contributed by atoms with E-state index in [1.807, 2.05) is 22.6 Å². The van der Waals surface area contributed by atoms with Crippen LogP contribution in [-0.4, -0.2) is 35.9 Å². The van der Waals surface area contributed by atoms with E-state index >= 15 is 0 Å². The molecule has 17 heteroatoms. The van der Waals surface area contributed by atoms with Gasteiger partial charge in [-0.3, -0.25) is 18.7 Å². The smallest absolute Gasteiger partial charge is 0.324 e. The maximum absolute atomic E-state index is 14.9. The summed E-state index contributed by atoms with van der Waals surface area (Å²) in [5, 5.41) is 14.8. The number of hydrogen-bond donors (Lipinski definition) is 3. The third-order valence-corrected chi connectivity index (χ3v) is 9.08. The van der Waals surface area contributed by atoms with Crippen LogP contribution in [0.3, 0.4) is 0 Å². The van der Waals surface area contributed by atoms with Gasteiger partial charge in [-0.1, -0.05) is 23.4 Å². The molecule has 2 aliphatic rings. The van der Waals surface area contributed by atoms with Crippen molar-refractivity contribution in [2.45, 2.75) is 38.5 Å². The summed E-state index contributed by atoms with van der Waals surface area (Å²) < 4.78 is 58.0. The molecule has 2 aromatic heterocycles. The molecule has 1 aliphatic heterocycles. The fraction of sp³-hybridized carbons (Fsp3) is 0.176. The number of nitrogens with one attached hydrogen (secondary N) is 2. The number of anilines is 2. The predicted molar refractivity (Wildman–Crippen MR) is 185 cm³/mol. The summed E-state index contributed by atoms with van der Waals surface area (Å²) in [5.41, 5.74) is -0.745. The highest BCUT2D eigenvalue weighted by Gasteiger charge is 2.33. The third kappa shape index (κ3) is 6.73. The Labute approximate surface area is 298 Å². The largest absolute Gasteiger partial charge is 0.416 e. The molecule has 0 radical (unpaired) electrons. The Morgan fingerprint density at radius 2 is 1.78 bits per heavy atom. The van der Waals surface area contributed by atoms with E-state index in [1.54, 1.807) is 24.3 Å². The van der Waals surface area contributed by atoms with E-state index in [9.17, 15) is 36.7 Å². The Morgan fingerprint density at radius 3 is 2.47 bits per heavy atom. The number of carbonyl (C=O) groups excluding carboxylic acids is 2. The monoisotopic (exact) mass is 813 g/mol. The average molecular weight is 814 g/mol. The number of rotatable bonds is 8. The van der Waals surface area contributed by atoms with Gasteiger partial charge in [0.1, 0.15) is 23.3 Å². The fourth-order valence-corrected chi connectivity index (χ4v) is 6.24. The number of primary amides is 1. The number of hydrogen-bond acceptors (Lipinski definition) is 7. The molecule has 1 saturated carbocycles. The maximum atomic E-state index is 14.9. The molecule has 5 aromatic rings. The number of nitrogens with zero attached hydrogens (tertiary/aromatic N) is 5. The van der Waals surface area contributed by atoms with Crippen LogP contribution in [0.4, 0.5) is 28.9 Å². The molecule has 1 aliphatic carbocycles. The van der Waals surface area contributed by atoms with E-state index in [4.69, 9.17) is 0 Å². The highest BCUT2D eigenvalue weighted by Crippen LogP contribution is 2.32. The summed E-state index contributed by atoms with van der Waals surface area (Å²) >= 11 is 1.96. The zero-order chi connectivity index (χ0) is 36.2. The molecule has 0 saturated heterocycles. The summed E-state index contributed by atoms with van der Waals surface area (Å²) in [6, 6.07) is 14.8. The van der Waals surface area contributed by atoms with Crippen LogP contribution in [0.25, 0.3) is 28.3 Å². The van der Waals surface area contributed by atoms with Crippen LogP contribution in [0.15, 0.2) is 82.5 Å². The molecule has 4 N–H and O–H groups in total. The minimum absolute atomic E-state index is 0.0287. The maximum Gasteiger partial charge on any atom is 0.416 e. The van der Waals surface area contributed by atoms with Crippen molar-refractivity contribution in [1.29, 1.82) is 0 Å². The van der Waals surface area contributed by atoms with E-state index in [-0.39, 0.29) is 57.3 Å². The van der Waals surface area contributed by atoms with Gasteiger partial charge in [0.15, 0.2) is 0 Å². The molecular weight excluding hydrogens is 787 g/mol. The van der Waals surface area contributed by atoms with E-state index in [1.165, 1.54) is 58.0 Å². The molecule has 1 fully saturated rings. The van der Waals surface area contributed by atoms with Crippen LogP contribution in [0, 0.1) is 9.39 Å². The van der Waals surface area contributed by atoms with Gasteiger partial charge in [0.2, 0.25) is 11.7 Å². The fourth-order valence-electron chi connectivity index (χ4n) is 5.79. The van der Waals surface area contributed by atoms with Crippen molar-refractivity contribution in [3.05, 3.63) is 119 Å². The summed E-state index contributed by atoms with van der Waals surface area (Å²) in [6.45, 7) is 1.20. The Bertz CT molecular complexity index is 2500. The highest BCUT2D eigenvalue weighted by atomic mass is 127.